The third kappa shape index (κ3) is 530. The zero-order valence-electron chi connectivity index (χ0n) is 17.5. The molecule has 0 spiro atoms. The van der Waals surface area contributed by atoms with Gasteiger partial charge in [-0.15, -0.1) is 0 Å². The van der Waals surface area contributed by atoms with Crippen LogP contribution in [-0.4, -0.2) is 82.1 Å². The Morgan fingerprint density at radius 3 is 0.150 bits per heavy atom. The Balaban J connectivity index is 0. The fourth-order valence-corrected chi connectivity index (χ4v) is 0. The molecule has 0 amide bonds. The molecular formula is H35Na5O15. The fraction of sp³-hybridized carbons (Fsp3) is 0. The Morgan fingerprint density at radius 1 is 0.150 bits per heavy atom. The molecule has 0 atom stereocenters. The molecule has 0 saturated carbocycles. The van der Waals surface area contributed by atoms with Crippen molar-refractivity contribution in [2.45, 2.75) is 0 Å². The summed E-state index contributed by atoms with van der Waals surface area (Å²) in [6.45, 7) is 0. The van der Waals surface area contributed by atoms with E-state index in [1.807, 2.05) is 0 Å². The van der Waals surface area contributed by atoms with Gasteiger partial charge in [-0.2, -0.15) is 0 Å². The van der Waals surface area contributed by atoms with Crippen LogP contribution < -0.4 is 148 Å². The number of rotatable bonds is 0. The fourth-order valence-electron chi connectivity index (χ4n) is 0. The normalized spacial score (nSPS) is 0. The van der Waals surface area contributed by atoms with Gasteiger partial charge in [0.05, 0.1) is 0 Å². The molecule has 0 aromatic rings. The molecule has 0 radical (unpaired) electrons. The standard InChI is InChI=1S/5Na.15H2O.5H/h;;;;;15*1H2;;;;;/q5*+1;;;;;;;;;;;;;;;;5*-1. The molecule has 0 bridgehead atoms. The van der Waals surface area contributed by atoms with Gasteiger partial charge in [-0.05, 0) is 0 Å². The summed E-state index contributed by atoms with van der Waals surface area (Å²) in [6.07, 6.45) is 0. The number of hydrogen-bond donors (Lipinski definition) is 0. The van der Waals surface area contributed by atoms with Crippen molar-refractivity contribution in [2.24, 2.45) is 0 Å². The van der Waals surface area contributed by atoms with E-state index in [4.69, 9.17) is 0 Å². The van der Waals surface area contributed by atoms with Crippen LogP contribution in [0.4, 0.5) is 0 Å². The van der Waals surface area contributed by atoms with Crippen LogP contribution in [0.3, 0.4) is 0 Å². The molecule has 0 unspecified atom stereocenters. The van der Waals surface area contributed by atoms with Crippen LogP contribution in [0, 0.1) is 0 Å². The van der Waals surface area contributed by atoms with Gasteiger partial charge in [-0.1, -0.05) is 0 Å². The van der Waals surface area contributed by atoms with Crippen molar-refractivity contribution in [1.29, 1.82) is 0 Å². The largest absolute Gasteiger partial charge is 1.00 e. The smallest absolute Gasteiger partial charge is 1.00 e. The van der Waals surface area contributed by atoms with Gasteiger partial charge in [0.2, 0.25) is 0 Å². The van der Waals surface area contributed by atoms with Gasteiger partial charge in [0.1, 0.15) is 0 Å². The van der Waals surface area contributed by atoms with Crippen molar-refractivity contribution < 1.29 is 237 Å². The monoisotopic (exact) mass is 390 g/mol. The van der Waals surface area contributed by atoms with E-state index < -0.39 is 0 Å². The van der Waals surface area contributed by atoms with Crippen LogP contribution in [-0.2, 0) is 0 Å². The van der Waals surface area contributed by atoms with Crippen LogP contribution in [0.25, 0.3) is 0 Å². The molecule has 0 heterocycles. The van der Waals surface area contributed by atoms with Crippen molar-refractivity contribution in [3.63, 3.8) is 0 Å². The third-order valence-corrected chi connectivity index (χ3v) is 0. The van der Waals surface area contributed by atoms with E-state index in [0.29, 0.717) is 0 Å². The van der Waals surface area contributed by atoms with Crippen LogP contribution in [0.15, 0.2) is 0 Å². The summed E-state index contributed by atoms with van der Waals surface area (Å²) < 4.78 is 0. The molecule has 0 aromatic heterocycles. The second-order valence-electron chi connectivity index (χ2n) is 0. The summed E-state index contributed by atoms with van der Waals surface area (Å²) >= 11 is 0. The van der Waals surface area contributed by atoms with Gasteiger partial charge >= 0.3 is 148 Å². The molecule has 130 valence electrons. The average Bonchev–Trinajstić information content (AvgIpc) is 0. The van der Waals surface area contributed by atoms with E-state index in [0.717, 1.165) is 0 Å². The summed E-state index contributed by atoms with van der Waals surface area (Å²) in [7, 11) is 0. The number of hydrogen-bond acceptors (Lipinski definition) is 0. The Hall–Kier alpha value is 4.40. The van der Waals surface area contributed by atoms with Crippen LogP contribution in [0.1, 0.15) is 7.13 Å². The zero-order chi connectivity index (χ0) is 0. The molecule has 0 aliphatic heterocycles. The summed E-state index contributed by atoms with van der Waals surface area (Å²) in [5.41, 5.74) is 0. The molecule has 0 aliphatic carbocycles. The molecule has 15 nitrogen and oxygen atoms in total. The SMILES string of the molecule is O.O.O.O.O.O.O.O.O.O.O.O.O.O.O.[H-].[H-].[H-].[H-].[H-].[Na+].[Na+].[Na+].[Na+].[Na+]. The van der Waals surface area contributed by atoms with Crippen LogP contribution in [0.5, 0.6) is 0 Å². The molecule has 30 N–H and O–H groups in total. The molecule has 20 heavy (non-hydrogen) atoms. The first-order valence-corrected chi connectivity index (χ1v) is 0. The molecule has 0 aliphatic rings. The van der Waals surface area contributed by atoms with Crippen molar-refractivity contribution in [1.82, 2.24) is 0 Å². The molecule has 0 rings (SSSR count). The van der Waals surface area contributed by atoms with Gasteiger partial charge < -0.3 is 89.3 Å². The van der Waals surface area contributed by atoms with E-state index in [1.165, 1.54) is 0 Å². The minimum atomic E-state index is 0. The summed E-state index contributed by atoms with van der Waals surface area (Å²) in [5, 5.41) is 0. The van der Waals surface area contributed by atoms with E-state index in [2.05, 4.69) is 0 Å². The topological polar surface area (TPSA) is 472 Å². The Labute approximate surface area is 233 Å². The van der Waals surface area contributed by atoms with Gasteiger partial charge in [0, 0.05) is 0 Å². The van der Waals surface area contributed by atoms with Gasteiger partial charge in [0.25, 0.3) is 0 Å². The summed E-state index contributed by atoms with van der Waals surface area (Å²) in [4.78, 5) is 0. The molecule has 0 fully saturated rings. The molecular weight excluding hydrogens is 355 g/mol. The van der Waals surface area contributed by atoms with Crippen molar-refractivity contribution in [3.05, 3.63) is 0 Å². The maximum atomic E-state index is 0. The second kappa shape index (κ2) is 606. The maximum absolute atomic E-state index is 0. The van der Waals surface area contributed by atoms with E-state index >= 15 is 0 Å². The first-order valence-electron chi connectivity index (χ1n) is 0. The first-order chi connectivity index (χ1) is 0. The van der Waals surface area contributed by atoms with Gasteiger partial charge in [-0.3, -0.25) is 0 Å². The summed E-state index contributed by atoms with van der Waals surface area (Å²) in [6, 6.07) is 0. The first kappa shape index (κ1) is 690. The maximum Gasteiger partial charge on any atom is 1.00 e. The minimum Gasteiger partial charge on any atom is -1.00 e. The van der Waals surface area contributed by atoms with E-state index in [1.54, 1.807) is 0 Å². The minimum absolute atomic E-state index is 0. The quantitative estimate of drug-likeness (QED) is 0.347. The zero-order valence-corrected chi connectivity index (χ0v) is 22.5. The van der Waals surface area contributed by atoms with Crippen LogP contribution in [0.2, 0.25) is 0 Å². The molecule has 0 saturated heterocycles. The Bertz CT molecular complexity index is 34.3. The molecule has 0 aromatic carbocycles. The summed E-state index contributed by atoms with van der Waals surface area (Å²) in [5.74, 6) is 0. The Kier molecular flexibility index (Phi) is 20900. The average molecular weight is 390 g/mol. The Morgan fingerprint density at radius 2 is 0.150 bits per heavy atom. The third-order valence-electron chi connectivity index (χ3n) is 0. The molecule has 20 heteroatoms. The van der Waals surface area contributed by atoms with Gasteiger partial charge in [-0.25, -0.2) is 0 Å². The van der Waals surface area contributed by atoms with Crippen molar-refractivity contribution in [2.75, 3.05) is 0 Å². The predicted molar refractivity (Wildman–Crippen MR) is 59.8 cm³/mol. The van der Waals surface area contributed by atoms with Crippen molar-refractivity contribution >= 4 is 0 Å². The van der Waals surface area contributed by atoms with E-state index in [9.17, 15) is 0 Å². The van der Waals surface area contributed by atoms with Crippen LogP contribution >= 0.6 is 0 Å². The predicted octanol–water partition coefficient (Wildman–Crippen LogP) is -26.8. The second-order valence-corrected chi connectivity index (χ2v) is 0. The van der Waals surface area contributed by atoms with Gasteiger partial charge in [0.15, 0.2) is 0 Å². The van der Waals surface area contributed by atoms with E-state index in [-0.39, 0.29) is 237 Å². The van der Waals surface area contributed by atoms with Crippen molar-refractivity contribution in [3.8, 4) is 0 Å².